The number of anilines is 3. The number of rotatable bonds is 3. The van der Waals surface area contributed by atoms with Crippen molar-refractivity contribution in [1.29, 1.82) is 0 Å². The van der Waals surface area contributed by atoms with Gasteiger partial charge in [-0.3, -0.25) is 0 Å². The summed E-state index contributed by atoms with van der Waals surface area (Å²) in [6.45, 7) is 4.20. The van der Waals surface area contributed by atoms with Gasteiger partial charge in [0.05, 0.1) is 0 Å². The van der Waals surface area contributed by atoms with Gasteiger partial charge in [-0.15, -0.1) is 0 Å². The molecule has 1 aliphatic heterocycles. The molecule has 4 rings (SSSR count). The third kappa shape index (κ3) is 3.06. The van der Waals surface area contributed by atoms with Gasteiger partial charge in [0.2, 0.25) is 11.3 Å². The number of piperidine rings is 1. The third-order valence-electron chi connectivity index (χ3n) is 4.27. The number of aromatic nitrogens is 4. The van der Waals surface area contributed by atoms with E-state index in [2.05, 4.69) is 53.4 Å². The molecule has 1 aromatic carbocycles. The molecular weight excluding hydrogens is 372 g/mol. The molecule has 0 aliphatic carbocycles. The molecule has 7 nitrogen and oxygen atoms in total. The molecule has 3 heterocycles. The van der Waals surface area contributed by atoms with Crippen molar-refractivity contribution in [3.8, 4) is 0 Å². The van der Waals surface area contributed by atoms with E-state index in [0.717, 1.165) is 47.8 Å². The monoisotopic (exact) mass is 388 g/mol. The quantitative estimate of drug-likeness (QED) is 0.731. The fourth-order valence-corrected chi connectivity index (χ4v) is 3.26. The van der Waals surface area contributed by atoms with Crippen LogP contribution in [0.3, 0.4) is 0 Å². The Morgan fingerprint density at radius 1 is 1.17 bits per heavy atom. The number of nitrogens with one attached hydrogen (secondary N) is 1. The van der Waals surface area contributed by atoms with Crippen LogP contribution in [0.25, 0.3) is 11.3 Å². The summed E-state index contributed by atoms with van der Waals surface area (Å²) in [7, 11) is 0. The van der Waals surface area contributed by atoms with Crippen molar-refractivity contribution in [2.45, 2.75) is 19.8 Å². The summed E-state index contributed by atoms with van der Waals surface area (Å²) in [5.41, 5.74) is 1.77. The maximum atomic E-state index is 4.77. The fourth-order valence-electron chi connectivity index (χ4n) is 2.86. The number of nitrogens with zero attached hydrogens (tertiary/aromatic N) is 5. The first kappa shape index (κ1) is 15.3. The molecule has 0 spiro atoms. The Labute approximate surface area is 147 Å². The van der Waals surface area contributed by atoms with Crippen molar-refractivity contribution < 1.29 is 4.63 Å². The molecule has 1 saturated heterocycles. The van der Waals surface area contributed by atoms with Crippen LogP contribution in [0, 0.1) is 5.92 Å². The lowest BCUT2D eigenvalue weighted by atomic mass is 9.99. The highest BCUT2D eigenvalue weighted by molar-refractivity contribution is 9.10. The molecular formula is C16H17BrN6O. The predicted molar refractivity (Wildman–Crippen MR) is 95.4 cm³/mol. The van der Waals surface area contributed by atoms with Crippen LogP contribution in [0.1, 0.15) is 19.8 Å². The van der Waals surface area contributed by atoms with Crippen molar-refractivity contribution in [1.82, 2.24) is 20.3 Å². The highest BCUT2D eigenvalue weighted by Gasteiger charge is 2.22. The molecule has 8 heteroatoms. The summed E-state index contributed by atoms with van der Waals surface area (Å²) >= 11 is 3.49. The largest absolute Gasteiger partial charge is 0.353 e. The molecule has 3 aromatic rings. The highest BCUT2D eigenvalue weighted by atomic mass is 79.9. The van der Waals surface area contributed by atoms with Crippen molar-refractivity contribution >= 4 is 44.5 Å². The average molecular weight is 389 g/mol. The van der Waals surface area contributed by atoms with Crippen molar-refractivity contribution in [2.75, 3.05) is 23.3 Å². The SMILES string of the molecule is CC1CCN(c2nc3nonc3nc2Nc2cccc(Br)c2)CC1. The third-order valence-corrected chi connectivity index (χ3v) is 4.76. The summed E-state index contributed by atoms with van der Waals surface area (Å²) in [5, 5.41) is 11.0. The Morgan fingerprint density at radius 3 is 2.67 bits per heavy atom. The van der Waals surface area contributed by atoms with E-state index >= 15 is 0 Å². The van der Waals surface area contributed by atoms with Gasteiger partial charge < -0.3 is 10.2 Å². The van der Waals surface area contributed by atoms with Gasteiger partial charge in [0.25, 0.3) is 0 Å². The molecule has 0 amide bonds. The van der Waals surface area contributed by atoms with Crippen molar-refractivity contribution in [2.24, 2.45) is 5.92 Å². The predicted octanol–water partition coefficient (Wildman–Crippen LogP) is 3.76. The van der Waals surface area contributed by atoms with Crippen LogP contribution in [-0.2, 0) is 0 Å². The van der Waals surface area contributed by atoms with Crippen LogP contribution in [0.5, 0.6) is 0 Å². The van der Waals surface area contributed by atoms with Crippen molar-refractivity contribution in [3.63, 3.8) is 0 Å². The average Bonchev–Trinajstić information content (AvgIpc) is 3.02. The minimum atomic E-state index is 0.404. The molecule has 0 bridgehead atoms. The number of hydrogen-bond donors (Lipinski definition) is 1. The minimum Gasteiger partial charge on any atom is -0.353 e. The zero-order chi connectivity index (χ0) is 16.5. The Balaban J connectivity index is 1.73. The Morgan fingerprint density at radius 2 is 1.92 bits per heavy atom. The van der Waals surface area contributed by atoms with E-state index in [4.69, 9.17) is 4.63 Å². The summed E-state index contributed by atoms with van der Waals surface area (Å²) in [4.78, 5) is 11.4. The van der Waals surface area contributed by atoms with E-state index in [1.54, 1.807) is 0 Å². The van der Waals surface area contributed by atoms with E-state index < -0.39 is 0 Å². The normalized spacial score (nSPS) is 15.8. The Bertz CT molecular complexity index is 859. The molecule has 0 saturated carbocycles. The number of halogens is 1. The van der Waals surface area contributed by atoms with Gasteiger partial charge >= 0.3 is 0 Å². The van der Waals surface area contributed by atoms with E-state index in [-0.39, 0.29) is 0 Å². The Kier molecular flexibility index (Phi) is 4.05. The van der Waals surface area contributed by atoms with Gasteiger partial charge in [0.1, 0.15) is 0 Å². The lowest BCUT2D eigenvalue weighted by Crippen LogP contribution is -2.34. The van der Waals surface area contributed by atoms with Crippen LogP contribution in [-0.4, -0.2) is 33.4 Å². The van der Waals surface area contributed by atoms with Gasteiger partial charge in [-0.05, 0) is 47.3 Å². The van der Waals surface area contributed by atoms with Crippen molar-refractivity contribution in [3.05, 3.63) is 28.7 Å². The summed E-state index contributed by atoms with van der Waals surface area (Å²) in [6, 6.07) is 7.93. The molecule has 24 heavy (non-hydrogen) atoms. The molecule has 0 atom stereocenters. The first-order valence-electron chi connectivity index (χ1n) is 7.97. The van der Waals surface area contributed by atoms with Gasteiger partial charge in [-0.2, -0.15) is 0 Å². The van der Waals surface area contributed by atoms with Crippen LogP contribution < -0.4 is 10.2 Å². The van der Waals surface area contributed by atoms with E-state index in [1.165, 1.54) is 0 Å². The Hall–Kier alpha value is -2.22. The fraction of sp³-hybridized carbons (Fsp3) is 0.375. The van der Waals surface area contributed by atoms with E-state index in [0.29, 0.717) is 17.1 Å². The summed E-state index contributed by atoms with van der Waals surface area (Å²) in [5.74, 6) is 2.21. The summed E-state index contributed by atoms with van der Waals surface area (Å²) in [6.07, 6.45) is 2.29. The van der Waals surface area contributed by atoms with Gasteiger partial charge in [0.15, 0.2) is 11.6 Å². The standard InChI is InChI=1S/C16H17BrN6O/c1-10-5-7-23(8-6-10)16-15(18-12-4-2-3-11(17)9-12)19-13-14(20-16)22-24-21-13/h2-4,9-10H,5-8H2,1H3,(H,18,19,21). The van der Waals surface area contributed by atoms with Crippen LogP contribution >= 0.6 is 15.9 Å². The number of fused-ring (bicyclic) bond motifs is 1. The molecule has 1 N–H and O–H groups in total. The van der Waals surface area contributed by atoms with Gasteiger partial charge in [-0.1, -0.05) is 28.9 Å². The second-order valence-corrected chi connectivity index (χ2v) is 7.03. The summed E-state index contributed by atoms with van der Waals surface area (Å²) < 4.78 is 5.77. The molecule has 1 fully saturated rings. The van der Waals surface area contributed by atoms with Crippen LogP contribution in [0.2, 0.25) is 0 Å². The molecule has 0 radical (unpaired) electrons. The first-order chi connectivity index (χ1) is 11.7. The topological polar surface area (TPSA) is 80.0 Å². The maximum Gasteiger partial charge on any atom is 0.245 e. The van der Waals surface area contributed by atoms with E-state index in [1.807, 2.05) is 24.3 Å². The minimum absolute atomic E-state index is 0.404. The molecule has 1 aliphatic rings. The zero-order valence-electron chi connectivity index (χ0n) is 13.2. The van der Waals surface area contributed by atoms with Crippen LogP contribution in [0.15, 0.2) is 33.4 Å². The lowest BCUT2D eigenvalue weighted by molar-refractivity contribution is 0.314. The first-order valence-corrected chi connectivity index (χ1v) is 8.76. The number of benzene rings is 1. The second-order valence-electron chi connectivity index (χ2n) is 6.11. The van der Waals surface area contributed by atoms with E-state index in [9.17, 15) is 0 Å². The smallest absolute Gasteiger partial charge is 0.245 e. The second kappa shape index (κ2) is 6.35. The van der Waals surface area contributed by atoms with Gasteiger partial charge in [-0.25, -0.2) is 14.6 Å². The molecule has 2 aromatic heterocycles. The maximum absolute atomic E-state index is 4.77. The van der Waals surface area contributed by atoms with Gasteiger partial charge in [0, 0.05) is 23.2 Å². The molecule has 0 unspecified atom stereocenters. The number of hydrogen-bond acceptors (Lipinski definition) is 7. The zero-order valence-corrected chi connectivity index (χ0v) is 14.8. The van der Waals surface area contributed by atoms with Crippen LogP contribution in [0.4, 0.5) is 17.3 Å². The molecule has 124 valence electrons. The lowest BCUT2D eigenvalue weighted by Gasteiger charge is -2.31. The highest BCUT2D eigenvalue weighted by Crippen LogP contribution is 2.30.